The van der Waals surface area contributed by atoms with Gasteiger partial charge in [0.15, 0.2) is 0 Å². The van der Waals surface area contributed by atoms with E-state index in [0.29, 0.717) is 12.3 Å². The molecule has 0 aliphatic carbocycles. The Bertz CT molecular complexity index is 777. The van der Waals surface area contributed by atoms with Crippen molar-refractivity contribution in [2.75, 3.05) is 20.2 Å². The molecule has 2 unspecified atom stereocenters. The van der Waals surface area contributed by atoms with Crippen LogP contribution in [0.3, 0.4) is 0 Å². The molecule has 2 aromatic carbocycles. The zero-order valence-electron chi connectivity index (χ0n) is 17.3. The van der Waals surface area contributed by atoms with Crippen molar-refractivity contribution in [2.24, 2.45) is 5.92 Å². The summed E-state index contributed by atoms with van der Waals surface area (Å²) in [7, 11) is 1.67. The van der Waals surface area contributed by atoms with E-state index in [2.05, 4.69) is 48.7 Å². The van der Waals surface area contributed by atoms with Gasteiger partial charge in [-0.2, -0.15) is 0 Å². The molecule has 0 spiro atoms. The third-order valence-corrected chi connectivity index (χ3v) is 5.49. The Morgan fingerprint density at radius 2 is 2.00 bits per heavy atom. The Hall–Kier alpha value is -2.33. The number of hydrogen-bond acceptors (Lipinski definition) is 3. The summed E-state index contributed by atoms with van der Waals surface area (Å²) in [4.78, 5) is 12.7. The number of carbonyl (C=O) groups is 1. The second kappa shape index (κ2) is 9.74. The summed E-state index contributed by atoms with van der Waals surface area (Å²) in [5, 5.41) is 6.65. The number of methoxy groups -OCH3 is 1. The molecule has 2 aromatic rings. The van der Waals surface area contributed by atoms with E-state index in [4.69, 9.17) is 4.74 Å². The molecule has 0 bridgehead atoms. The highest BCUT2D eigenvalue weighted by Crippen LogP contribution is 2.24. The molecule has 3 rings (SSSR count). The van der Waals surface area contributed by atoms with Crippen LogP contribution in [-0.4, -0.2) is 26.1 Å². The molecule has 1 fully saturated rings. The summed E-state index contributed by atoms with van der Waals surface area (Å²) < 4.78 is 5.39. The van der Waals surface area contributed by atoms with E-state index in [9.17, 15) is 4.79 Å². The van der Waals surface area contributed by atoms with Gasteiger partial charge in [0.1, 0.15) is 5.75 Å². The number of rotatable bonds is 8. The van der Waals surface area contributed by atoms with Crippen LogP contribution in [0.4, 0.5) is 0 Å². The summed E-state index contributed by atoms with van der Waals surface area (Å²) in [5.41, 5.74) is 4.82. The average molecular weight is 381 g/mol. The monoisotopic (exact) mass is 380 g/mol. The molecule has 2 N–H and O–H groups in total. The summed E-state index contributed by atoms with van der Waals surface area (Å²) in [5.74, 6) is 1.57. The first-order valence-electron chi connectivity index (χ1n) is 10.2. The number of carbonyl (C=O) groups excluding carboxylic acids is 1. The van der Waals surface area contributed by atoms with Gasteiger partial charge in [0.2, 0.25) is 5.91 Å². The summed E-state index contributed by atoms with van der Waals surface area (Å²) >= 11 is 0. The molecule has 4 nitrogen and oxygen atoms in total. The van der Waals surface area contributed by atoms with Crippen molar-refractivity contribution in [3.05, 3.63) is 64.7 Å². The van der Waals surface area contributed by atoms with Crippen molar-refractivity contribution < 1.29 is 9.53 Å². The normalized spacial score (nSPS) is 17.3. The molecule has 1 aliphatic rings. The van der Waals surface area contributed by atoms with E-state index >= 15 is 0 Å². The maximum atomic E-state index is 12.7. The van der Waals surface area contributed by atoms with Gasteiger partial charge in [-0.05, 0) is 75.4 Å². The van der Waals surface area contributed by atoms with E-state index in [1.807, 2.05) is 18.2 Å². The van der Waals surface area contributed by atoms with Crippen LogP contribution in [0.5, 0.6) is 5.75 Å². The Morgan fingerprint density at radius 3 is 2.68 bits per heavy atom. The van der Waals surface area contributed by atoms with Gasteiger partial charge in [0.05, 0.1) is 13.2 Å². The van der Waals surface area contributed by atoms with Crippen LogP contribution < -0.4 is 15.4 Å². The first-order chi connectivity index (χ1) is 13.5. The summed E-state index contributed by atoms with van der Waals surface area (Å²) in [6.45, 7) is 6.34. The summed E-state index contributed by atoms with van der Waals surface area (Å²) in [6.07, 6.45) is 3.48. The highest BCUT2D eigenvalue weighted by molar-refractivity contribution is 5.76. The fourth-order valence-corrected chi connectivity index (χ4v) is 4.10. The van der Waals surface area contributed by atoms with Gasteiger partial charge >= 0.3 is 0 Å². The molecule has 1 saturated heterocycles. The number of hydrogen-bond donors (Lipinski definition) is 2. The minimum absolute atomic E-state index is 0.0643. The zero-order chi connectivity index (χ0) is 19.9. The molecule has 1 aliphatic heterocycles. The molecule has 1 heterocycles. The van der Waals surface area contributed by atoms with Crippen molar-refractivity contribution in [3.8, 4) is 5.75 Å². The molecular formula is C24H32N2O2. The maximum Gasteiger partial charge on any atom is 0.220 e. The second-order valence-electron chi connectivity index (χ2n) is 7.99. The smallest absolute Gasteiger partial charge is 0.220 e. The quantitative estimate of drug-likeness (QED) is 0.725. The highest BCUT2D eigenvalue weighted by atomic mass is 16.5. The molecular weight excluding hydrogens is 348 g/mol. The summed E-state index contributed by atoms with van der Waals surface area (Å²) in [6, 6.07) is 14.5. The van der Waals surface area contributed by atoms with E-state index in [1.165, 1.54) is 23.1 Å². The van der Waals surface area contributed by atoms with Gasteiger partial charge in [0.25, 0.3) is 0 Å². The predicted octanol–water partition coefficient (Wildman–Crippen LogP) is 4.10. The fraction of sp³-hybridized carbons (Fsp3) is 0.458. The first-order valence-corrected chi connectivity index (χ1v) is 10.2. The van der Waals surface area contributed by atoms with Gasteiger partial charge in [0, 0.05) is 6.42 Å². The topological polar surface area (TPSA) is 50.4 Å². The van der Waals surface area contributed by atoms with E-state index in [-0.39, 0.29) is 11.9 Å². The van der Waals surface area contributed by atoms with Crippen molar-refractivity contribution in [2.45, 2.75) is 45.6 Å². The van der Waals surface area contributed by atoms with Gasteiger partial charge in [-0.15, -0.1) is 0 Å². The average Bonchev–Trinajstić information content (AvgIpc) is 3.19. The molecule has 2 atom stereocenters. The number of benzene rings is 2. The minimum atomic E-state index is -0.0643. The van der Waals surface area contributed by atoms with Gasteiger partial charge in [-0.1, -0.05) is 41.5 Å². The maximum absolute atomic E-state index is 12.7. The molecule has 4 heteroatoms. The first kappa shape index (κ1) is 20.4. The van der Waals surface area contributed by atoms with Crippen LogP contribution in [0.2, 0.25) is 0 Å². The minimum Gasteiger partial charge on any atom is -0.497 e. The van der Waals surface area contributed by atoms with Crippen molar-refractivity contribution in [1.82, 2.24) is 10.6 Å². The van der Waals surface area contributed by atoms with Crippen LogP contribution in [-0.2, 0) is 11.2 Å². The van der Waals surface area contributed by atoms with Crippen LogP contribution >= 0.6 is 0 Å². The lowest BCUT2D eigenvalue weighted by molar-refractivity contribution is -0.122. The SMILES string of the molecule is COc1cccc(C(Cc2cc(C)cc(C)c2)NC(=O)CCC2CCNC2)c1. The van der Waals surface area contributed by atoms with Crippen LogP contribution in [0.1, 0.15) is 47.6 Å². The molecule has 1 amide bonds. The molecule has 0 aromatic heterocycles. The van der Waals surface area contributed by atoms with E-state index in [1.54, 1.807) is 7.11 Å². The number of aryl methyl sites for hydroxylation is 2. The molecule has 0 radical (unpaired) electrons. The van der Waals surface area contributed by atoms with Gasteiger partial charge < -0.3 is 15.4 Å². The zero-order valence-corrected chi connectivity index (χ0v) is 17.3. The Morgan fingerprint density at radius 1 is 1.21 bits per heavy atom. The Kier molecular flexibility index (Phi) is 7.10. The number of amides is 1. The van der Waals surface area contributed by atoms with E-state index in [0.717, 1.165) is 37.2 Å². The number of ether oxygens (including phenoxy) is 1. The largest absolute Gasteiger partial charge is 0.497 e. The third-order valence-electron chi connectivity index (χ3n) is 5.49. The van der Waals surface area contributed by atoms with Gasteiger partial charge in [-0.3, -0.25) is 4.79 Å². The van der Waals surface area contributed by atoms with Crippen LogP contribution in [0.15, 0.2) is 42.5 Å². The highest BCUT2D eigenvalue weighted by Gasteiger charge is 2.19. The lowest BCUT2D eigenvalue weighted by Crippen LogP contribution is -2.30. The van der Waals surface area contributed by atoms with E-state index < -0.39 is 0 Å². The third kappa shape index (κ3) is 5.83. The Balaban J connectivity index is 1.74. The van der Waals surface area contributed by atoms with Crippen LogP contribution in [0.25, 0.3) is 0 Å². The fourth-order valence-electron chi connectivity index (χ4n) is 4.10. The van der Waals surface area contributed by atoms with Crippen molar-refractivity contribution in [1.29, 1.82) is 0 Å². The molecule has 150 valence electrons. The predicted molar refractivity (Wildman–Crippen MR) is 114 cm³/mol. The van der Waals surface area contributed by atoms with Gasteiger partial charge in [-0.25, -0.2) is 0 Å². The number of nitrogens with one attached hydrogen (secondary N) is 2. The standard InChI is InChI=1S/C24H32N2O2/c1-17-11-18(2)13-20(12-17)14-23(21-5-4-6-22(15-21)28-3)26-24(27)8-7-19-9-10-25-16-19/h4-6,11-13,15,19,23,25H,7-10,14,16H2,1-3H3,(H,26,27). The second-order valence-corrected chi connectivity index (χ2v) is 7.99. The Labute approximate surface area is 168 Å². The molecule has 28 heavy (non-hydrogen) atoms. The lowest BCUT2D eigenvalue weighted by atomic mass is 9.95. The van der Waals surface area contributed by atoms with Crippen LogP contribution in [0, 0.1) is 19.8 Å². The lowest BCUT2D eigenvalue weighted by Gasteiger charge is -2.21. The van der Waals surface area contributed by atoms with Crippen molar-refractivity contribution in [3.63, 3.8) is 0 Å². The molecule has 0 saturated carbocycles. The van der Waals surface area contributed by atoms with Crippen molar-refractivity contribution >= 4 is 5.91 Å².